The lowest BCUT2D eigenvalue weighted by Gasteiger charge is -2.27. The number of amides is 2. The highest BCUT2D eigenvalue weighted by atomic mass is 79.9. The number of alkyl halides is 3. The van der Waals surface area contributed by atoms with Crippen LogP contribution in [0.1, 0.15) is 18.1 Å². The van der Waals surface area contributed by atoms with Crippen molar-refractivity contribution in [2.24, 2.45) is 0 Å². The molecule has 196 valence electrons. The van der Waals surface area contributed by atoms with E-state index >= 15 is 0 Å². The summed E-state index contributed by atoms with van der Waals surface area (Å²) in [5, 5.41) is 7.05. The fourth-order valence-corrected chi connectivity index (χ4v) is 4.51. The average molecular weight is 580 g/mol. The summed E-state index contributed by atoms with van der Waals surface area (Å²) in [6.07, 6.45) is -4.63. The van der Waals surface area contributed by atoms with Gasteiger partial charge in [-0.3, -0.25) is 9.59 Å². The molecule has 0 spiro atoms. The number of carbonyl (C=O) groups excluding carboxylic acids is 2. The summed E-state index contributed by atoms with van der Waals surface area (Å²) in [4.78, 5) is 27.6. The quantitative estimate of drug-likeness (QED) is 0.444. The van der Waals surface area contributed by atoms with Gasteiger partial charge in [0, 0.05) is 10.0 Å². The van der Waals surface area contributed by atoms with Gasteiger partial charge < -0.3 is 25.0 Å². The zero-order chi connectivity index (χ0) is 26.9. The number of halogens is 4. The van der Waals surface area contributed by atoms with Crippen LogP contribution in [0.5, 0.6) is 11.5 Å². The number of benzene rings is 3. The summed E-state index contributed by atoms with van der Waals surface area (Å²) in [5.41, 5.74) is -0.373. The highest BCUT2D eigenvalue weighted by Gasteiger charge is 2.37. The largest absolute Gasteiger partial charge is 0.496 e. The molecule has 0 aliphatic carbocycles. The Hall–Kier alpha value is -3.31. The SMILES string of the molecule is CN[C@@H](C)C(=O)N[C@H]1COc2ccc(C(F)(F)F)cc2N(Cc2c(OC)ccc3cc(Br)ccc23)C1=O. The second-order valence-electron chi connectivity index (χ2n) is 8.60. The monoisotopic (exact) mass is 579 g/mol. The van der Waals surface area contributed by atoms with Gasteiger partial charge in [-0.1, -0.05) is 28.1 Å². The molecule has 0 unspecified atom stereocenters. The van der Waals surface area contributed by atoms with Crippen molar-refractivity contribution >= 4 is 44.2 Å². The summed E-state index contributed by atoms with van der Waals surface area (Å²) in [5.74, 6) is -0.489. The third-order valence-electron chi connectivity index (χ3n) is 6.28. The van der Waals surface area contributed by atoms with Crippen LogP contribution >= 0.6 is 15.9 Å². The Morgan fingerprint density at radius 3 is 2.65 bits per heavy atom. The molecule has 11 heteroatoms. The molecule has 0 bridgehead atoms. The van der Waals surface area contributed by atoms with Crippen LogP contribution in [0.2, 0.25) is 0 Å². The molecule has 3 aromatic carbocycles. The van der Waals surface area contributed by atoms with Crippen molar-refractivity contribution in [2.75, 3.05) is 25.7 Å². The van der Waals surface area contributed by atoms with Gasteiger partial charge >= 0.3 is 6.18 Å². The maximum Gasteiger partial charge on any atom is 0.416 e. The highest BCUT2D eigenvalue weighted by molar-refractivity contribution is 9.10. The van der Waals surface area contributed by atoms with Crippen molar-refractivity contribution in [1.82, 2.24) is 10.6 Å². The molecule has 2 N–H and O–H groups in total. The third kappa shape index (κ3) is 5.52. The Bertz CT molecular complexity index is 1350. The summed E-state index contributed by atoms with van der Waals surface area (Å²) in [6, 6.07) is 10.4. The molecule has 7 nitrogen and oxygen atoms in total. The van der Waals surface area contributed by atoms with Gasteiger partial charge in [0.2, 0.25) is 5.91 Å². The molecular weight excluding hydrogens is 555 g/mol. The molecule has 1 aliphatic rings. The van der Waals surface area contributed by atoms with Crippen LogP contribution in [0.25, 0.3) is 10.8 Å². The van der Waals surface area contributed by atoms with Crippen LogP contribution in [-0.2, 0) is 22.3 Å². The van der Waals surface area contributed by atoms with Crippen LogP contribution in [0, 0.1) is 0 Å². The molecule has 4 rings (SSSR count). The lowest BCUT2D eigenvalue weighted by Crippen LogP contribution is -2.53. The Kier molecular flexibility index (Phi) is 7.65. The molecule has 37 heavy (non-hydrogen) atoms. The predicted molar refractivity (Wildman–Crippen MR) is 137 cm³/mol. The number of hydrogen-bond acceptors (Lipinski definition) is 5. The van der Waals surface area contributed by atoms with Crippen molar-refractivity contribution in [3.05, 3.63) is 64.1 Å². The Balaban J connectivity index is 1.85. The Labute approximate surface area is 220 Å². The van der Waals surface area contributed by atoms with Crippen molar-refractivity contribution < 1.29 is 32.2 Å². The minimum Gasteiger partial charge on any atom is -0.496 e. The van der Waals surface area contributed by atoms with Gasteiger partial charge in [-0.15, -0.1) is 0 Å². The predicted octanol–water partition coefficient (Wildman–Crippen LogP) is 4.65. The molecule has 1 heterocycles. The van der Waals surface area contributed by atoms with Gasteiger partial charge in [0.1, 0.15) is 24.1 Å². The second-order valence-corrected chi connectivity index (χ2v) is 9.51. The van der Waals surface area contributed by atoms with Crippen LogP contribution in [0.3, 0.4) is 0 Å². The van der Waals surface area contributed by atoms with E-state index in [-0.39, 0.29) is 24.6 Å². The van der Waals surface area contributed by atoms with Crippen LogP contribution in [-0.4, -0.2) is 44.7 Å². The lowest BCUT2D eigenvalue weighted by molar-refractivity contribution is -0.137. The van der Waals surface area contributed by atoms with Crippen molar-refractivity contribution in [3.8, 4) is 11.5 Å². The molecule has 0 saturated carbocycles. The maximum absolute atomic E-state index is 13.8. The minimum atomic E-state index is -4.63. The number of nitrogens with one attached hydrogen (secondary N) is 2. The summed E-state index contributed by atoms with van der Waals surface area (Å²) >= 11 is 3.44. The molecule has 1 aliphatic heterocycles. The fourth-order valence-electron chi connectivity index (χ4n) is 4.13. The van der Waals surface area contributed by atoms with E-state index in [9.17, 15) is 22.8 Å². The van der Waals surface area contributed by atoms with Gasteiger partial charge in [0.25, 0.3) is 5.91 Å². The van der Waals surface area contributed by atoms with Gasteiger partial charge in [-0.25, -0.2) is 0 Å². The maximum atomic E-state index is 13.8. The van der Waals surface area contributed by atoms with E-state index in [1.807, 2.05) is 24.3 Å². The average Bonchev–Trinajstić information content (AvgIpc) is 2.99. The zero-order valence-electron chi connectivity index (χ0n) is 20.3. The van der Waals surface area contributed by atoms with Crippen LogP contribution in [0.15, 0.2) is 53.0 Å². The van der Waals surface area contributed by atoms with Crippen molar-refractivity contribution in [2.45, 2.75) is 31.7 Å². The molecule has 0 aromatic heterocycles. The van der Waals surface area contributed by atoms with Crippen LogP contribution in [0.4, 0.5) is 18.9 Å². The highest BCUT2D eigenvalue weighted by Crippen LogP contribution is 2.40. The van der Waals surface area contributed by atoms with Crippen molar-refractivity contribution in [1.29, 1.82) is 0 Å². The van der Waals surface area contributed by atoms with Gasteiger partial charge in [-0.05, 0) is 61.1 Å². The van der Waals surface area contributed by atoms with E-state index in [1.165, 1.54) is 18.1 Å². The van der Waals surface area contributed by atoms with Gasteiger partial charge in [0.15, 0.2) is 0 Å². The number of anilines is 1. The van der Waals surface area contributed by atoms with E-state index < -0.39 is 35.6 Å². The number of fused-ring (bicyclic) bond motifs is 2. The summed E-state index contributed by atoms with van der Waals surface area (Å²) < 4.78 is 53.0. The number of likely N-dealkylation sites (N-methyl/N-ethyl adjacent to an activating group) is 1. The number of carbonyl (C=O) groups is 2. The van der Waals surface area contributed by atoms with Gasteiger partial charge in [0.05, 0.1) is 30.9 Å². The molecule has 0 saturated heterocycles. The zero-order valence-corrected chi connectivity index (χ0v) is 21.9. The summed E-state index contributed by atoms with van der Waals surface area (Å²) in [7, 11) is 3.08. The summed E-state index contributed by atoms with van der Waals surface area (Å²) in [6.45, 7) is 1.26. The number of methoxy groups -OCH3 is 1. The fraction of sp³-hybridized carbons (Fsp3) is 0.308. The number of rotatable bonds is 6. The van der Waals surface area contributed by atoms with Crippen LogP contribution < -0.4 is 25.0 Å². The molecular formula is C26H25BrF3N3O4. The van der Waals surface area contributed by atoms with E-state index in [0.717, 1.165) is 27.4 Å². The topological polar surface area (TPSA) is 79.9 Å². The molecule has 2 amide bonds. The standard InChI is InChI=1S/C26H25BrF3N3O4/c1-14(31-2)24(34)32-20-13-37-23-9-5-16(26(28,29)30)11-21(23)33(25(20)35)12-19-18-7-6-17(27)10-15(18)4-8-22(19)36-3/h4-11,14,20,31H,12-13H2,1-3H3,(H,32,34)/t14-,20-/m0/s1. The number of hydrogen-bond donors (Lipinski definition) is 2. The number of ether oxygens (including phenoxy) is 2. The minimum absolute atomic E-state index is 0.0468. The van der Waals surface area contributed by atoms with Gasteiger partial charge in [-0.2, -0.15) is 13.2 Å². The first-order valence-corrected chi connectivity index (χ1v) is 12.2. The lowest BCUT2D eigenvalue weighted by atomic mass is 10.0. The van der Waals surface area contributed by atoms with E-state index in [2.05, 4.69) is 26.6 Å². The Morgan fingerprint density at radius 2 is 1.97 bits per heavy atom. The second kappa shape index (κ2) is 10.6. The smallest absolute Gasteiger partial charge is 0.416 e. The molecule has 3 aromatic rings. The first kappa shape index (κ1) is 26.7. The van der Waals surface area contributed by atoms with E-state index in [1.54, 1.807) is 20.0 Å². The first-order chi connectivity index (χ1) is 17.5. The molecule has 0 radical (unpaired) electrons. The van der Waals surface area contributed by atoms with E-state index in [0.29, 0.717) is 11.3 Å². The molecule has 0 fully saturated rings. The Morgan fingerprint density at radius 1 is 1.22 bits per heavy atom. The van der Waals surface area contributed by atoms with E-state index in [4.69, 9.17) is 9.47 Å². The van der Waals surface area contributed by atoms with Crippen molar-refractivity contribution in [3.63, 3.8) is 0 Å². The first-order valence-electron chi connectivity index (χ1n) is 11.4. The third-order valence-corrected chi connectivity index (χ3v) is 6.77. The molecule has 2 atom stereocenters. The normalized spacial score (nSPS) is 16.6. The number of nitrogens with zero attached hydrogens (tertiary/aromatic N) is 1.